The van der Waals surface area contributed by atoms with Gasteiger partial charge >= 0.3 is 6.03 Å². The number of hydrogen-bond acceptors (Lipinski definition) is 4. The second-order valence-corrected chi connectivity index (χ2v) is 7.03. The van der Waals surface area contributed by atoms with Crippen LogP contribution in [0.3, 0.4) is 0 Å². The van der Waals surface area contributed by atoms with Gasteiger partial charge in [0, 0.05) is 37.3 Å². The lowest BCUT2D eigenvalue weighted by Crippen LogP contribution is -2.50. The van der Waals surface area contributed by atoms with Crippen molar-refractivity contribution in [1.29, 1.82) is 0 Å². The number of likely N-dealkylation sites (tertiary alicyclic amines) is 1. The molecule has 6 heteroatoms. The van der Waals surface area contributed by atoms with E-state index in [0.29, 0.717) is 0 Å². The molecule has 0 saturated carbocycles. The van der Waals surface area contributed by atoms with Crippen molar-refractivity contribution in [3.8, 4) is 0 Å². The van der Waals surface area contributed by atoms with E-state index < -0.39 is 0 Å². The van der Waals surface area contributed by atoms with Gasteiger partial charge in [0.25, 0.3) is 0 Å². The smallest absolute Gasteiger partial charge is 0.315 e. The van der Waals surface area contributed by atoms with E-state index in [-0.39, 0.29) is 18.1 Å². The van der Waals surface area contributed by atoms with Crippen LogP contribution in [0.25, 0.3) is 0 Å². The summed E-state index contributed by atoms with van der Waals surface area (Å²) in [5, 5.41) is 10.1. The number of nitrogens with zero attached hydrogens (tertiary/aromatic N) is 2. The van der Waals surface area contributed by atoms with Crippen molar-refractivity contribution in [2.45, 2.75) is 59.0 Å². The molecule has 1 aromatic rings. The van der Waals surface area contributed by atoms with Crippen LogP contribution in [-0.4, -0.2) is 47.8 Å². The van der Waals surface area contributed by atoms with Gasteiger partial charge in [0.2, 0.25) is 0 Å². The Kier molecular flexibility index (Phi) is 6.43. The number of aromatic nitrogens is 1. The Morgan fingerprint density at radius 1 is 1.42 bits per heavy atom. The Labute approximate surface area is 144 Å². The summed E-state index contributed by atoms with van der Waals surface area (Å²) < 4.78 is 5.17. The second kappa shape index (κ2) is 8.33. The van der Waals surface area contributed by atoms with Crippen LogP contribution >= 0.6 is 0 Å². The molecule has 0 aromatic carbocycles. The molecule has 1 aliphatic heterocycles. The van der Waals surface area contributed by atoms with E-state index in [1.807, 2.05) is 20.8 Å². The monoisotopic (exact) mass is 334 g/mol. The third kappa shape index (κ3) is 5.37. The first-order valence-electron chi connectivity index (χ1n) is 8.70. The van der Waals surface area contributed by atoms with Crippen LogP contribution in [0.5, 0.6) is 0 Å². The van der Waals surface area contributed by atoms with E-state index in [9.17, 15) is 4.79 Å². The SMILES string of the molecule is C=C(C)CN1CCC(NC(=O)N[C@H](C)Cc2c(C)noc2C)CC1. The Bertz CT molecular complexity index is 554. The molecule has 2 amide bonds. The summed E-state index contributed by atoms with van der Waals surface area (Å²) in [4.78, 5) is 14.6. The molecule has 0 radical (unpaired) electrons. The summed E-state index contributed by atoms with van der Waals surface area (Å²) >= 11 is 0. The molecular weight excluding hydrogens is 304 g/mol. The van der Waals surface area contributed by atoms with E-state index >= 15 is 0 Å². The fourth-order valence-corrected chi connectivity index (χ4v) is 3.22. The zero-order valence-corrected chi connectivity index (χ0v) is 15.3. The fourth-order valence-electron chi connectivity index (χ4n) is 3.22. The quantitative estimate of drug-likeness (QED) is 0.785. The molecule has 2 heterocycles. The maximum Gasteiger partial charge on any atom is 0.315 e. The molecular formula is C18H30N4O2. The summed E-state index contributed by atoms with van der Waals surface area (Å²) in [6, 6.07) is 0.190. The molecule has 6 nitrogen and oxygen atoms in total. The van der Waals surface area contributed by atoms with E-state index in [0.717, 1.165) is 55.9 Å². The minimum Gasteiger partial charge on any atom is -0.361 e. The van der Waals surface area contributed by atoms with Crippen LogP contribution in [0.15, 0.2) is 16.7 Å². The highest BCUT2D eigenvalue weighted by atomic mass is 16.5. The number of rotatable bonds is 6. The normalized spacial score (nSPS) is 17.5. The lowest BCUT2D eigenvalue weighted by molar-refractivity contribution is 0.200. The highest BCUT2D eigenvalue weighted by molar-refractivity contribution is 5.74. The van der Waals surface area contributed by atoms with Gasteiger partial charge in [-0.3, -0.25) is 4.90 Å². The van der Waals surface area contributed by atoms with Crippen LogP contribution in [-0.2, 0) is 6.42 Å². The van der Waals surface area contributed by atoms with Gasteiger partial charge in [0.1, 0.15) is 5.76 Å². The Morgan fingerprint density at radius 3 is 2.62 bits per heavy atom. The van der Waals surface area contributed by atoms with Gasteiger partial charge in [-0.05, 0) is 47.0 Å². The minimum absolute atomic E-state index is 0.0327. The number of carbonyl (C=O) groups excluding carboxylic acids is 1. The van der Waals surface area contributed by atoms with Crippen molar-refractivity contribution in [1.82, 2.24) is 20.7 Å². The molecule has 0 bridgehead atoms. The molecule has 1 saturated heterocycles. The van der Waals surface area contributed by atoms with Crippen LogP contribution in [0.2, 0.25) is 0 Å². The van der Waals surface area contributed by atoms with E-state index in [1.54, 1.807) is 0 Å². The zero-order chi connectivity index (χ0) is 17.7. The maximum atomic E-state index is 12.2. The van der Waals surface area contributed by atoms with Gasteiger partial charge in [-0.25, -0.2) is 4.79 Å². The molecule has 0 spiro atoms. The number of piperidine rings is 1. The van der Waals surface area contributed by atoms with Crippen LogP contribution in [0.1, 0.15) is 43.7 Å². The first-order valence-corrected chi connectivity index (χ1v) is 8.70. The number of urea groups is 1. The third-order valence-electron chi connectivity index (χ3n) is 4.49. The molecule has 1 atom stereocenters. The first kappa shape index (κ1) is 18.5. The van der Waals surface area contributed by atoms with Gasteiger partial charge in [-0.2, -0.15) is 0 Å². The molecule has 2 N–H and O–H groups in total. The van der Waals surface area contributed by atoms with Gasteiger partial charge in [-0.1, -0.05) is 17.3 Å². The van der Waals surface area contributed by atoms with E-state index in [1.165, 1.54) is 5.57 Å². The average Bonchev–Trinajstić information content (AvgIpc) is 2.80. The third-order valence-corrected chi connectivity index (χ3v) is 4.49. The highest BCUT2D eigenvalue weighted by Crippen LogP contribution is 2.15. The van der Waals surface area contributed by atoms with Crippen molar-refractivity contribution in [3.63, 3.8) is 0 Å². The van der Waals surface area contributed by atoms with Crippen LogP contribution < -0.4 is 10.6 Å². The molecule has 0 unspecified atom stereocenters. The number of amides is 2. The number of aryl methyl sites for hydroxylation is 2. The van der Waals surface area contributed by atoms with Gasteiger partial charge in [-0.15, -0.1) is 0 Å². The average molecular weight is 334 g/mol. The van der Waals surface area contributed by atoms with E-state index in [2.05, 4.69) is 34.2 Å². The first-order chi connectivity index (χ1) is 11.3. The van der Waals surface area contributed by atoms with Crippen molar-refractivity contribution in [2.75, 3.05) is 19.6 Å². The lowest BCUT2D eigenvalue weighted by atomic mass is 10.0. The van der Waals surface area contributed by atoms with Crippen molar-refractivity contribution < 1.29 is 9.32 Å². The number of carbonyl (C=O) groups is 1. The fraction of sp³-hybridized carbons (Fsp3) is 0.667. The summed E-state index contributed by atoms with van der Waals surface area (Å²) in [6.07, 6.45) is 2.70. The summed E-state index contributed by atoms with van der Waals surface area (Å²) in [5.41, 5.74) is 3.16. The zero-order valence-electron chi connectivity index (χ0n) is 15.3. The van der Waals surface area contributed by atoms with Crippen LogP contribution in [0, 0.1) is 13.8 Å². The molecule has 134 valence electrons. The Morgan fingerprint density at radius 2 is 2.08 bits per heavy atom. The summed E-state index contributed by atoms with van der Waals surface area (Å²) in [5.74, 6) is 0.825. The predicted molar refractivity (Wildman–Crippen MR) is 95.1 cm³/mol. The highest BCUT2D eigenvalue weighted by Gasteiger charge is 2.21. The van der Waals surface area contributed by atoms with Crippen molar-refractivity contribution in [3.05, 3.63) is 29.2 Å². The molecule has 24 heavy (non-hydrogen) atoms. The molecule has 1 aromatic heterocycles. The topological polar surface area (TPSA) is 70.4 Å². The number of hydrogen-bond donors (Lipinski definition) is 2. The Hall–Kier alpha value is -1.82. The molecule has 0 aliphatic carbocycles. The van der Waals surface area contributed by atoms with Crippen molar-refractivity contribution in [2.24, 2.45) is 0 Å². The minimum atomic E-state index is -0.0902. The van der Waals surface area contributed by atoms with Crippen LogP contribution in [0.4, 0.5) is 4.79 Å². The van der Waals surface area contributed by atoms with Gasteiger partial charge < -0.3 is 15.2 Å². The van der Waals surface area contributed by atoms with Crippen molar-refractivity contribution >= 4 is 6.03 Å². The lowest BCUT2D eigenvalue weighted by Gasteiger charge is -2.32. The summed E-state index contributed by atoms with van der Waals surface area (Å²) in [6.45, 7) is 14.8. The molecule has 2 rings (SSSR count). The maximum absolute atomic E-state index is 12.2. The standard InChI is InChI=1S/C18H30N4O2/c1-12(2)11-22-8-6-16(7-9-22)20-18(23)19-13(3)10-17-14(4)21-24-15(17)5/h13,16H,1,6-11H2,2-5H3,(H2,19,20,23)/t13-/m1/s1. The second-order valence-electron chi connectivity index (χ2n) is 7.03. The van der Waals surface area contributed by atoms with Gasteiger partial charge in [0.15, 0.2) is 0 Å². The summed E-state index contributed by atoms with van der Waals surface area (Å²) in [7, 11) is 0. The largest absolute Gasteiger partial charge is 0.361 e. The Balaban J connectivity index is 1.72. The predicted octanol–water partition coefficient (Wildman–Crippen LogP) is 2.56. The molecule has 1 aliphatic rings. The number of nitrogens with one attached hydrogen (secondary N) is 2. The van der Waals surface area contributed by atoms with E-state index in [4.69, 9.17) is 4.52 Å². The molecule has 1 fully saturated rings. The van der Waals surface area contributed by atoms with Gasteiger partial charge in [0.05, 0.1) is 5.69 Å².